The van der Waals surface area contributed by atoms with Gasteiger partial charge in [-0.3, -0.25) is 0 Å². The van der Waals surface area contributed by atoms with E-state index >= 15 is 0 Å². The Hall–Kier alpha value is -1.88. The van der Waals surface area contributed by atoms with Gasteiger partial charge in [0.2, 0.25) is 0 Å². The van der Waals surface area contributed by atoms with Crippen LogP contribution in [-0.2, 0) is 6.54 Å². The van der Waals surface area contributed by atoms with Crippen LogP contribution in [0.5, 0.6) is 0 Å². The largest absolute Gasteiger partial charge is 0.466 e. The lowest BCUT2D eigenvalue weighted by Crippen LogP contribution is -2.36. The van der Waals surface area contributed by atoms with Crippen LogP contribution in [0.25, 0.3) is 0 Å². The van der Waals surface area contributed by atoms with E-state index in [9.17, 15) is 4.79 Å². The third kappa shape index (κ3) is 5.15. The summed E-state index contributed by atoms with van der Waals surface area (Å²) in [5, 5.41) is 5.70. The monoisotopic (exact) mass is 318 g/mol. The fourth-order valence-corrected chi connectivity index (χ4v) is 2.83. The maximum atomic E-state index is 11.7. The van der Waals surface area contributed by atoms with Gasteiger partial charge in [-0.05, 0) is 39.0 Å². The molecule has 0 aliphatic heterocycles. The Kier molecular flexibility index (Phi) is 5.95. The van der Waals surface area contributed by atoms with Gasteiger partial charge in [0, 0.05) is 29.3 Å². The summed E-state index contributed by atoms with van der Waals surface area (Å²) in [4.78, 5) is 12.9. The molecule has 2 amide bonds. The molecule has 1 heterocycles. The summed E-state index contributed by atoms with van der Waals surface area (Å²) in [6, 6.07) is 10.2. The zero-order valence-corrected chi connectivity index (χ0v) is 14.0. The van der Waals surface area contributed by atoms with Crippen molar-refractivity contribution in [2.75, 3.05) is 12.3 Å². The second-order valence-corrected chi connectivity index (χ2v) is 6.38. The topological polar surface area (TPSA) is 54.3 Å². The van der Waals surface area contributed by atoms with Gasteiger partial charge in [-0.1, -0.05) is 17.7 Å². The number of thioether (sulfide) groups is 1. The number of aryl methyl sites for hydroxylation is 3. The number of carbonyl (C=O) groups excluding carboxylic acids is 1. The Labute approximate surface area is 135 Å². The fourth-order valence-electron chi connectivity index (χ4n) is 2.06. The summed E-state index contributed by atoms with van der Waals surface area (Å²) in [7, 11) is 0. The average Bonchev–Trinajstić information content (AvgIpc) is 2.81. The lowest BCUT2D eigenvalue weighted by Gasteiger charge is -2.07. The van der Waals surface area contributed by atoms with Crippen molar-refractivity contribution in [3.8, 4) is 0 Å². The second kappa shape index (κ2) is 7.94. The van der Waals surface area contributed by atoms with Gasteiger partial charge in [0.15, 0.2) is 0 Å². The highest BCUT2D eigenvalue weighted by atomic mass is 32.2. The Morgan fingerprint density at radius 1 is 1.14 bits per heavy atom. The highest BCUT2D eigenvalue weighted by Crippen LogP contribution is 2.17. The van der Waals surface area contributed by atoms with Crippen LogP contribution in [0.2, 0.25) is 0 Å². The molecule has 0 aliphatic rings. The molecular formula is C17H22N2O2S. The minimum absolute atomic E-state index is 0.150. The Balaban J connectivity index is 1.63. The van der Waals surface area contributed by atoms with Crippen LogP contribution < -0.4 is 10.6 Å². The van der Waals surface area contributed by atoms with E-state index in [4.69, 9.17) is 4.42 Å². The maximum Gasteiger partial charge on any atom is 0.315 e. The van der Waals surface area contributed by atoms with E-state index in [1.165, 1.54) is 10.5 Å². The number of carbonyl (C=O) groups is 1. The van der Waals surface area contributed by atoms with Crippen molar-refractivity contribution in [1.82, 2.24) is 10.6 Å². The Morgan fingerprint density at radius 2 is 1.86 bits per heavy atom. The maximum absolute atomic E-state index is 11.7. The first-order chi connectivity index (χ1) is 10.5. The number of amides is 2. The predicted octanol–water partition coefficient (Wildman–Crippen LogP) is 3.80. The first kappa shape index (κ1) is 16.5. The van der Waals surface area contributed by atoms with Gasteiger partial charge in [-0.25, -0.2) is 4.79 Å². The number of hydrogen-bond acceptors (Lipinski definition) is 3. The van der Waals surface area contributed by atoms with E-state index in [2.05, 4.69) is 41.8 Å². The first-order valence-electron chi connectivity index (χ1n) is 7.31. The van der Waals surface area contributed by atoms with Crippen LogP contribution in [0, 0.1) is 20.8 Å². The van der Waals surface area contributed by atoms with Crippen molar-refractivity contribution >= 4 is 17.8 Å². The van der Waals surface area contributed by atoms with Crippen LogP contribution in [-0.4, -0.2) is 18.3 Å². The van der Waals surface area contributed by atoms with Gasteiger partial charge >= 0.3 is 6.03 Å². The molecule has 2 aromatic rings. The highest BCUT2D eigenvalue weighted by Gasteiger charge is 2.06. The summed E-state index contributed by atoms with van der Waals surface area (Å²) >= 11 is 1.73. The summed E-state index contributed by atoms with van der Waals surface area (Å²) < 4.78 is 5.43. The molecule has 0 unspecified atom stereocenters. The van der Waals surface area contributed by atoms with E-state index in [0.29, 0.717) is 13.1 Å². The molecule has 1 aromatic heterocycles. The molecule has 0 fully saturated rings. The molecule has 2 N–H and O–H groups in total. The molecular weight excluding hydrogens is 296 g/mol. The van der Waals surface area contributed by atoms with Crippen LogP contribution in [0.3, 0.4) is 0 Å². The van der Waals surface area contributed by atoms with Crippen molar-refractivity contribution in [2.45, 2.75) is 32.2 Å². The number of rotatable bonds is 6. The molecule has 4 nitrogen and oxygen atoms in total. The van der Waals surface area contributed by atoms with E-state index in [1.807, 2.05) is 19.9 Å². The number of nitrogens with one attached hydrogen (secondary N) is 2. The van der Waals surface area contributed by atoms with Crippen LogP contribution >= 0.6 is 11.8 Å². The SMILES string of the molecule is Cc1ccc(SCCNC(=O)NCc2cc(C)oc2C)cc1. The molecule has 22 heavy (non-hydrogen) atoms. The minimum Gasteiger partial charge on any atom is -0.466 e. The molecule has 118 valence electrons. The molecule has 0 atom stereocenters. The van der Waals surface area contributed by atoms with Crippen molar-refractivity contribution in [3.05, 3.63) is 53.0 Å². The normalized spacial score (nSPS) is 10.5. The molecule has 0 radical (unpaired) electrons. The van der Waals surface area contributed by atoms with Crippen molar-refractivity contribution in [1.29, 1.82) is 0 Å². The molecule has 2 rings (SSSR count). The van der Waals surface area contributed by atoms with E-state index in [1.54, 1.807) is 11.8 Å². The zero-order chi connectivity index (χ0) is 15.9. The van der Waals surface area contributed by atoms with Crippen molar-refractivity contribution in [3.63, 3.8) is 0 Å². The van der Waals surface area contributed by atoms with Crippen molar-refractivity contribution in [2.24, 2.45) is 0 Å². The van der Waals surface area contributed by atoms with Gasteiger partial charge in [0.25, 0.3) is 0 Å². The standard InChI is InChI=1S/C17H22N2O2S/c1-12-4-6-16(7-5-12)22-9-8-18-17(20)19-11-15-10-13(2)21-14(15)3/h4-7,10H,8-9,11H2,1-3H3,(H2,18,19,20). The predicted molar refractivity (Wildman–Crippen MR) is 90.3 cm³/mol. The highest BCUT2D eigenvalue weighted by molar-refractivity contribution is 7.99. The van der Waals surface area contributed by atoms with Crippen LogP contribution in [0.15, 0.2) is 39.6 Å². The molecule has 1 aromatic carbocycles. The summed E-state index contributed by atoms with van der Waals surface area (Å²) in [5.74, 6) is 2.57. The zero-order valence-electron chi connectivity index (χ0n) is 13.2. The van der Waals surface area contributed by atoms with Gasteiger partial charge in [0.1, 0.15) is 11.5 Å². The molecule has 0 saturated heterocycles. The number of hydrogen-bond donors (Lipinski definition) is 2. The quantitative estimate of drug-likeness (QED) is 0.629. The third-order valence-corrected chi connectivity index (χ3v) is 4.27. The number of urea groups is 1. The van der Waals surface area contributed by atoms with Crippen LogP contribution in [0.1, 0.15) is 22.6 Å². The molecule has 5 heteroatoms. The van der Waals surface area contributed by atoms with Gasteiger partial charge in [-0.15, -0.1) is 11.8 Å². The third-order valence-electron chi connectivity index (χ3n) is 3.26. The van der Waals surface area contributed by atoms with Gasteiger partial charge in [-0.2, -0.15) is 0 Å². The average molecular weight is 318 g/mol. The van der Waals surface area contributed by atoms with Crippen LogP contribution in [0.4, 0.5) is 4.79 Å². The van der Waals surface area contributed by atoms with Gasteiger partial charge < -0.3 is 15.1 Å². The number of furan rings is 1. The van der Waals surface area contributed by atoms with Crippen molar-refractivity contribution < 1.29 is 9.21 Å². The molecule has 0 bridgehead atoms. The smallest absolute Gasteiger partial charge is 0.315 e. The minimum atomic E-state index is -0.150. The number of benzene rings is 1. The molecule has 0 spiro atoms. The Bertz CT molecular complexity index is 620. The molecule has 0 aliphatic carbocycles. The summed E-state index contributed by atoms with van der Waals surface area (Å²) in [6.07, 6.45) is 0. The fraction of sp³-hybridized carbons (Fsp3) is 0.353. The second-order valence-electron chi connectivity index (χ2n) is 5.21. The lowest BCUT2D eigenvalue weighted by atomic mass is 10.2. The summed E-state index contributed by atoms with van der Waals surface area (Å²) in [6.45, 7) is 7.00. The van der Waals surface area contributed by atoms with E-state index < -0.39 is 0 Å². The molecule has 0 saturated carbocycles. The van der Waals surface area contributed by atoms with Gasteiger partial charge in [0.05, 0.1) is 0 Å². The van der Waals surface area contributed by atoms with E-state index in [0.717, 1.165) is 22.8 Å². The first-order valence-corrected chi connectivity index (χ1v) is 8.30. The Morgan fingerprint density at radius 3 is 2.50 bits per heavy atom. The summed E-state index contributed by atoms with van der Waals surface area (Å²) in [5.41, 5.74) is 2.27. The lowest BCUT2D eigenvalue weighted by molar-refractivity contribution is 0.241. The van der Waals surface area contributed by atoms with E-state index in [-0.39, 0.29) is 6.03 Å².